The number of hydrogen-bond donors (Lipinski definition) is 0. The summed E-state index contributed by atoms with van der Waals surface area (Å²) in [5.41, 5.74) is 1.71. The van der Waals surface area contributed by atoms with E-state index >= 15 is 0 Å². The number of hydrogen-bond acceptors (Lipinski definition) is 6. The van der Waals surface area contributed by atoms with E-state index in [0.717, 1.165) is 22.1 Å². The fourth-order valence-electron chi connectivity index (χ4n) is 3.01. The Labute approximate surface area is 196 Å². The maximum absolute atomic E-state index is 11.8. The molecule has 0 saturated carbocycles. The summed E-state index contributed by atoms with van der Waals surface area (Å²) in [6.07, 6.45) is 0.558. The standard InChI is InChI=1S/C27H34O6/c1-8-21(32-26(28)17(3)4)15-30-23-12-13-24-20(14-23)11-10-19(7)25(24)31-16-22(9-2)33-27(29)18(5)6/h10-14,21-22H,3,5,8-9,15-16H2,1-2,4,6-7H3. The van der Waals surface area contributed by atoms with Gasteiger partial charge in [0.25, 0.3) is 0 Å². The van der Waals surface area contributed by atoms with Crippen molar-refractivity contribution in [3.05, 3.63) is 60.2 Å². The van der Waals surface area contributed by atoms with Gasteiger partial charge in [0.1, 0.15) is 36.9 Å². The van der Waals surface area contributed by atoms with Crippen molar-refractivity contribution < 1.29 is 28.5 Å². The molecule has 0 aliphatic rings. The topological polar surface area (TPSA) is 71.1 Å². The summed E-state index contributed by atoms with van der Waals surface area (Å²) in [6, 6.07) is 9.70. The summed E-state index contributed by atoms with van der Waals surface area (Å²) in [4.78, 5) is 23.6. The zero-order valence-electron chi connectivity index (χ0n) is 20.2. The summed E-state index contributed by atoms with van der Waals surface area (Å²) in [5.74, 6) is 0.580. The van der Waals surface area contributed by atoms with E-state index in [9.17, 15) is 9.59 Å². The van der Waals surface area contributed by atoms with Crippen molar-refractivity contribution in [2.24, 2.45) is 0 Å². The highest BCUT2D eigenvalue weighted by Crippen LogP contribution is 2.32. The Hall–Kier alpha value is -3.28. The predicted octanol–water partition coefficient (Wildman–Crippen LogP) is 5.70. The van der Waals surface area contributed by atoms with Crippen molar-refractivity contribution >= 4 is 22.7 Å². The molecular weight excluding hydrogens is 420 g/mol. The van der Waals surface area contributed by atoms with Gasteiger partial charge in [-0.1, -0.05) is 39.1 Å². The van der Waals surface area contributed by atoms with Crippen LogP contribution in [0.5, 0.6) is 11.5 Å². The van der Waals surface area contributed by atoms with Crippen LogP contribution in [-0.2, 0) is 19.1 Å². The van der Waals surface area contributed by atoms with Crippen molar-refractivity contribution in [2.75, 3.05) is 13.2 Å². The third-order valence-electron chi connectivity index (χ3n) is 5.14. The van der Waals surface area contributed by atoms with Crippen LogP contribution in [-0.4, -0.2) is 37.4 Å². The second-order valence-electron chi connectivity index (χ2n) is 8.15. The smallest absolute Gasteiger partial charge is 0.333 e. The molecule has 0 aliphatic carbocycles. The van der Waals surface area contributed by atoms with Gasteiger partial charge < -0.3 is 18.9 Å². The van der Waals surface area contributed by atoms with Crippen molar-refractivity contribution in [2.45, 2.75) is 59.7 Å². The number of rotatable bonds is 12. The van der Waals surface area contributed by atoms with Crippen molar-refractivity contribution in [3.8, 4) is 11.5 Å². The Bertz CT molecular complexity index is 1020. The molecule has 0 amide bonds. The molecule has 0 spiro atoms. The van der Waals surface area contributed by atoms with Gasteiger partial charge in [-0.2, -0.15) is 0 Å². The molecule has 0 heterocycles. The van der Waals surface area contributed by atoms with Crippen molar-refractivity contribution in [3.63, 3.8) is 0 Å². The zero-order chi connectivity index (χ0) is 24.5. The fourth-order valence-corrected chi connectivity index (χ4v) is 3.01. The lowest BCUT2D eigenvalue weighted by Crippen LogP contribution is -2.25. The van der Waals surface area contributed by atoms with Crippen molar-refractivity contribution in [1.82, 2.24) is 0 Å². The largest absolute Gasteiger partial charge is 0.490 e. The van der Waals surface area contributed by atoms with E-state index in [1.165, 1.54) is 0 Å². The van der Waals surface area contributed by atoms with Crippen LogP contribution in [0.3, 0.4) is 0 Å². The quantitative estimate of drug-likeness (QED) is 0.303. The Morgan fingerprint density at radius 3 is 1.91 bits per heavy atom. The molecular formula is C27H34O6. The second kappa shape index (κ2) is 12.1. The summed E-state index contributed by atoms with van der Waals surface area (Å²) in [5, 5.41) is 1.89. The Morgan fingerprint density at radius 1 is 0.848 bits per heavy atom. The first-order valence-corrected chi connectivity index (χ1v) is 11.2. The third kappa shape index (κ3) is 7.38. The lowest BCUT2D eigenvalue weighted by molar-refractivity contribution is -0.146. The molecule has 0 bridgehead atoms. The summed E-state index contributed by atoms with van der Waals surface area (Å²) < 4.78 is 22.8. The van der Waals surface area contributed by atoms with Crippen LogP contribution in [0.1, 0.15) is 46.1 Å². The zero-order valence-corrected chi connectivity index (χ0v) is 20.2. The van der Waals surface area contributed by atoms with Crippen LogP contribution in [0.4, 0.5) is 0 Å². The molecule has 0 aromatic heterocycles. The van der Waals surface area contributed by atoms with E-state index in [-0.39, 0.29) is 25.4 Å². The molecule has 0 aliphatic heterocycles. The van der Waals surface area contributed by atoms with Gasteiger partial charge in [0.05, 0.1) is 0 Å². The SMILES string of the molecule is C=C(C)C(=O)OC(CC)COc1ccc2c(OCC(CC)OC(=O)C(=C)C)c(C)ccc2c1. The maximum Gasteiger partial charge on any atom is 0.333 e. The van der Waals surface area contributed by atoms with Crippen LogP contribution in [0.25, 0.3) is 10.8 Å². The van der Waals surface area contributed by atoms with Gasteiger partial charge in [-0.3, -0.25) is 0 Å². The maximum atomic E-state index is 11.8. The van der Waals surface area contributed by atoms with Gasteiger partial charge >= 0.3 is 11.9 Å². The lowest BCUT2D eigenvalue weighted by atomic mass is 10.1. The van der Waals surface area contributed by atoms with E-state index in [1.807, 2.05) is 51.1 Å². The Morgan fingerprint density at radius 2 is 1.39 bits per heavy atom. The average Bonchev–Trinajstić information content (AvgIpc) is 2.79. The van der Waals surface area contributed by atoms with Gasteiger partial charge in [-0.25, -0.2) is 9.59 Å². The minimum atomic E-state index is -0.416. The third-order valence-corrected chi connectivity index (χ3v) is 5.14. The van der Waals surface area contributed by atoms with Crippen LogP contribution in [0, 0.1) is 6.92 Å². The molecule has 2 atom stereocenters. The number of esters is 2. The molecule has 6 heteroatoms. The van der Waals surface area contributed by atoms with E-state index in [1.54, 1.807) is 13.8 Å². The first kappa shape index (κ1) is 26.0. The molecule has 0 fully saturated rings. The highest BCUT2D eigenvalue weighted by atomic mass is 16.6. The number of benzene rings is 2. The van der Waals surface area contributed by atoms with E-state index < -0.39 is 11.9 Å². The normalized spacial score (nSPS) is 12.5. The van der Waals surface area contributed by atoms with E-state index in [0.29, 0.717) is 29.7 Å². The Kier molecular flexibility index (Phi) is 9.52. The second-order valence-corrected chi connectivity index (χ2v) is 8.15. The molecule has 2 rings (SSSR count). The number of carbonyl (C=O) groups excluding carboxylic acids is 2. The molecule has 2 aromatic carbocycles. The molecule has 2 unspecified atom stereocenters. The highest BCUT2D eigenvalue weighted by Gasteiger charge is 2.17. The highest BCUT2D eigenvalue weighted by molar-refractivity contribution is 5.90. The monoisotopic (exact) mass is 454 g/mol. The summed E-state index contributed by atoms with van der Waals surface area (Å²) >= 11 is 0. The van der Waals surface area contributed by atoms with Gasteiger partial charge in [-0.05, 0) is 62.8 Å². The summed E-state index contributed by atoms with van der Waals surface area (Å²) in [6.45, 7) is 16.8. The molecule has 33 heavy (non-hydrogen) atoms. The van der Waals surface area contributed by atoms with Gasteiger partial charge in [0.15, 0.2) is 0 Å². The van der Waals surface area contributed by atoms with Crippen LogP contribution in [0.2, 0.25) is 0 Å². The minimum Gasteiger partial charge on any atom is -0.490 e. The van der Waals surface area contributed by atoms with Crippen LogP contribution < -0.4 is 9.47 Å². The minimum absolute atomic E-state index is 0.250. The predicted molar refractivity (Wildman–Crippen MR) is 130 cm³/mol. The molecule has 2 aromatic rings. The lowest BCUT2D eigenvalue weighted by Gasteiger charge is -2.20. The molecule has 0 N–H and O–H groups in total. The summed E-state index contributed by atoms with van der Waals surface area (Å²) in [7, 11) is 0. The molecule has 6 nitrogen and oxygen atoms in total. The number of aryl methyl sites for hydroxylation is 1. The van der Waals surface area contributed by atoms with Gasteiger partial charge in [0.2, 0.25) is 0 Å². The van der Waals surface area contributed by atoms with Gasteiger partial charge in [0, 0.05) is 16.5 Å². The van der Waals surface area contributed by atoms with Crippen LogP contribution >= 0.6 is 0 Å². The van der Waals surface area contributed by atoms with E-state index in [2.05, 4.69) is 13.2 Å². The van der Waals surface area contributed by atoms with Crippen LogP contribution in [0.15, 0.2) is 54.6 Å². The average molecular weight is 455 g/mol. The first-order valence-electron chi connectivity index (χ1n) is 11.2. The number of fused-ring (bicyclic) bond motifs is 1. The van der Waals surface area contributed by atoms with E-state index in [4.69, 9.17) is 18.9 Å². The first-order chi connectivity index (χ1) is 15.7. The van der Waals surface area contributed by atoms with Gasteiger partial charge in [-0.15, -0.1) is 0 Å². The molecule has 178 valence electrons. The number of ether oxygens (including phenoxy) is 4. The fraction of sp³-hybridized carbons (Fsp3) is 0.407. The number of carbonyl (C=O) groups is 2. The molecule has 0 saturated heterocycles. The van der Waals surface area contributed by atoms with Crippen molar-refractivity contribution in [1.29, 1.82) is 0 Å². The molecule has 0 radical (unpaired) electrons. The Balaban J connectivity index is 2.12.